The lowest BCUT2D eigenvalue weighted by atomic mass is 10.1. The minimum atomic E-state index is -0.596. The molecule has 0 unspecified atom stereocenters. The van der Waals surface area contributed by atoms with Gasteiger partial charge in [-0.05, 0) is 56.0 Å². The second-order valence-corrected chi connectivity index (χ2v) is 8.37. The van der Waals surface area contributed by atoms with Gasteiger partial charge in [-0.25, -0.2) is 0 Å². The Bertz CT molecular complexity index is 1040. The fraction of sp³-hybridized carbons (Fsp3) is 0.190. The summed E-state index contributed by atoms with van der Waals surface area (Å²) in [6, 6.07) is 10.4. The van der Waals surface area contributed by atoms with Crippen molar-refractivity contribution in [1.82, 2.24) is 4.90 Å². The molecule has 0 aliphatic carbocycles. The molecular weight excluding hydrogens is 472 g/mol. The zero-order chi connectivity index (χ0) is 21.8. The summed E-state index contributed by atoms with van der Waals surface area (Å²) >= 11 is 4.04. The molecule has 30 heavy (non-hydrogen) atoms. The molecule has 1 saturated heterocycles. The summed E-state index contributed by atoms with van der Waals surface area (Å²) < 4.78 is 6.02. The molecule has 1 aliphatic rings. The zero-order valence-corrected chi connectivity index (χ0v) is 18.7. The number of carbonyl (C=O) groups is 3. The fourth-order valence-corrected chi connectivity index (χ4v) is 4.01. The van der Waals surface area contributed by atoms with E-state index in [2.05, 4.69) is 21.2 Å². The first-order valence-electron chi connectivity index (χ1n) is 9.05. The molecule has 2 aromatic rings. The molecule has 3 rings (SSSR count). The van der Waals surface area contributed by atoms with Gasteiger partial charge in [0.25, 0.3) is 11.1 Å². The third-order valence-electron chi connectivity index (χ3n) is 4.17. The first kappa shape index (κ1) is 21.9. The Morgan fingerprint density at radius 3 is 2.63 bits per heavy atom. The number of aryl methyl sites for hydroxylation is 1. The minimum absolute atomic E-state index is 0.110. The second-order valence-electron chi connectivity index (χ2n) is 6.46. The van der Waals surface area contributed by atoms with E-state index in [1.54, 1.807) is 31.2 Å². The van der Waals surface area contributed by atoms with Crippen molar-refractivity contribution >= 4 is 56.5 Å². The van der Waals surface area contributed by atoms with Crippen LogP contribution in [0.3, 0.4) is 0 Å². The molecule has 1 aliphatic heterocycles. The van der Waals surface area contributed by atoms with Crippen molar-refractivity contribution < 1.29 is 24.2 Å². The Labute approximate surface area is 186 Å². The van der Waals surface area contributed by atoms with Gasteiger partial charge in [-0.1, -0.05) is 33.6 Å². The summed E-state index contributed by atoms with van der Waals surface area (Å²) in [6.45, 7) is 3.67. The highest BCUT2D eigenvalue weighted by Crippen LogP contribution is 2.38. The van der Waals surface area contributed by atoms with Gasteiger partial charge in [0, 0.05) is 15.7 Å². The van der Waals surface area contributed by atoms with E-state index in [1.165, 1.54) is 6.08 Å². The lowest BCUT2D eigenvalue weighted by Gasteiger charge is -2.12. The number of amides is 3. The van der Waals surface area contributed by atoms with Crippen molar-refractivity contribution in [1.29, 1.82) is 0 Å². The predicted molar refractivity (Wildman–Crippen MR) is 119 cm³/mol. The highest BCUT2D eigenvalue weighted by molar-refractivity contribution is 9.10. The SMILES string of the molecule is CCOc1cc(Br)cc(/C=C2/SC(=O)N(CC(=O)Nc3ccc(C)cc3)C2=O)c1O. The number of nitrogens with zero attached hydrogens (tertiary/aromatic N) is 1. The Morgan fingerprint density at radius 2 is 1.97 bits per heavy atom. The molecule has 0 spiro atoms. The topological polar surface area (TPSA) is 95.9 Å². The highest BCUT2D eigenvalue weighted by atomic mass is 79.9. The lowest BCUT2D eigenvalue weighted by Crippen LogP contribution is -2.36. The van der Waals surface area contributed by atoms with Crippen molar-refractivity contribution in [3.05, 3.63) is 56.9 Å². The Morgan fingerprint density at radius 1 is 1.27 bits per heavy atom. The summed E-state index contributed by atoms with van der Waals surface area (Å²) in [5.74, 6) is -0.952. The van der Waals surface area contributed by atoms with Crippen LogP contribution in [0.25, 0.3) is 6.08 Å². The highest BCUT2D eigenvalue weighted by Gasteiger charge is 2.36. The molecule has 1 fully saturated rings. The maximum absolute atomic E-state index is 12.7. The average Bonchev–Trinajstić information content (AvgIpc) is 2.95. The van der Waals surface area contributed by atoms with Crippen LogP contribution in [0.2, 0.25) is 0 Å². The minimum Gasteiger partial charge on any atom is -0.504 e. The number of aromatic hydroxyl groups is 1. The summed E-state index contributed by atoms with van der Waals surface area (Å²) in [4.78, 5) is 38.2. The number of benzene rings is 2. The van der Waals surface area contributed by atoms with E-state index >= 15 is 0 Å². The van der Waals surface area contributed by atoms with Gasteiger partial charge in [-0.15, -0.1) is 0 Å². The van der Waals surface area contributed by atoms with Crippen LogP contribution in [0.4, 0.5) is 10.5 Å². The summed E-state index contributed by atoms with van der Waals surface area (Å²) in [6.07, 6.45) is 1.41. The van der Waals surface area contributed by atoms with E-state index in [0.717, 1.165) is 10.5 Å². The Balaban J connectivity index is 1.76. The van der Waals surface area contributed by atoms with E-state index in [1.807, 2.05) is 19.1 Å². The van der Waals surface area contributed by atoms with Crippen molar-refractivity contribution in [3.63, 3.8) is 0 Å². The molecule has 9 heteroatoms. The number of phenols is 1. The zero-order valence-electron chi connectivity index (χ0n) is 16.3. The summed E-state index contributed by atoms with van der Waals surface area (Å²) in [5, 5.41) is 12.5. The number of halogens is 1. The molecular formula is C21H19BrN2O5S. The summed E-state index contributed by atoms with van der Waals surface area (Å²) in [5.41, 5.74) is 1.95. The van der Waals surface area contributed by atoms with Gasteiger partial charge < -0.3 is 15.2 Å². The van der Waals surface area contributed by atoms with Gasteiger partial charge in [0.15, 0.2) is 11.5 Å². The van der Waals surface area contributed by atoms with Crippen LogP contribution >= 0.6 is 27.7 Å². The fourth-order valence-electron chi connectivity index (χ4n) is 2.73. The van der Waals surface area contributed by atoms with Crippen molar-refractivity contribution in [2.75, 3.05) is 18.5 Å². The molecule has 0 bridgehead atoms. The normalized spacial score (nSPS) is 15.0. The number of imide groups is 1. The first-order chi connectivity index (χ1) is 14.3. The smallest absolute Gasteiger partial charge is 0.294 e. The molecule has 0 atom stereocenters. The summed E-state index contributed by atoms with van der Waals surface area (Å²) in [7, 11) is 0. The number of nitrogens with one attached hydrogen (secondary N) is 1. The molecule has 0 aromatic heterocycles. The van der Waals surface area contributed by atoms with Crippen molar-refractivity contribution in [2.45, 2.75) is 13.8 Å². The van der Waals surface area contributed by atoms with Gasteiger partial charge >= 0.3 is 0 Å². The molecule has 3 amide bonds. The maximum Gasteiger partial charge on any atom is 0.294 e. The Kier molecular flexibility index (Phi) is 6.84. The second kappa shape index (κ2) is 9.36. The average molecular weight is 491 g/mol. The number of carbonyl (C=O) groups excluding carboxylic acids is 3. The number of phenolic OH excluding ortho intramolecular Hbond substituents is 1. The number of rotatable bonds is 6. The van der Waals surface area contributed by atoms with E-state index in [-0.39, 0.29) is 16.4 Å². The number of thioether (sulfide) groups is 1. The first-order valence-corrected chi connectivity index (χ1v) is 10.7. The number of ether oxygens (including phenoxy) is 1. The predicted octanol–water partition coefficient (Wildman–Crippen LogP) is 4.54. The van der Waals surface area contributed by atoms with Crippen LogP contribution in [0.5, 0.6) is 11.5 Å². The molecule has 0 radical (unpaired) electrons. The molecule has 2 N–H and O–H groups in total. The van der Waals surface area contributed by atoms with E-state index in [0.29, 0.717) is 34.1 Å². The van der Waals surface area contributed by atoms with Gasteiger partial charge in [-0.3, -0.25) is 19.3 Å². The number of hydrogen-bond acceptors (Lipinski definition) is 6. The largest absolute Gasteiger partial charge is 0.504 e. The molecule has 7 nitrogen and oxygen atoms in total. The van der Waals surface area contributed by atoms with Crippen LogP contribution in [0, 0.1) is 6.92 Å². The standard InChI is InChI=1S/C21H19BrN2O5S/c1-3-29-16-10-14(22)8-13(19(16)26)9-17-20(27)24(21(28)30-17)11-18(25)23-15-6-4-12(2)5-7-15/h4-10,26H,3,11H2,1-2H3,(H,23,25)/b17-9+. The maximum atomic E-state index is 12.7. The third kappa shape index (κ3) is 5.03. The molecule has 0 saturated carbocycles. The third-order valence-corrected chi connectivity index (χ3v) is 5.53. The van der Waals surface area contributed by atoms with E-state index in [9.17, 15) is 19.5 Å². The quantitative estimate of drug-likeness (QED) is 0.577. The Hall–Kier alpha value is -2.78. The monoisotopic (exact) mass is 490 g/mol. The molecule has 2 aromatic carbocycles. The van der Waals surface area contributed by atoms with Crippen molar-refractivity contribution in [3.8, 4) is 11.5 Å². The van der Waals surface area contributed by atoms with Crippen LogP contribution in [-0.4, -0.2) is 40.2 Å². The molecule has 1 heterocycles. The van der Waals surface area contributed by atoms with Crippen LogP contribution in [-0.2, 0) is 9.59 Å². The van der Waals surface area contributed by atoms with E-state index < -0.39 is 23.6 Å². The van der Waals surface area contributed by atoms with Crippen LogP contribution in [0.15, 0.2) is 45.8 Å². The van der Waals surface area contributed by atoms with Gasteiger partial charge in [-0.2, -0.15) is 0 Å². The van der Waals surface area contributed by atoms with E-state index in [4.69, 9.17) is 4.74 Å². The van der Waals surface area contributed by atoms with Crippen molar-refractivity contribution in [2.24, 2.45) is 0 Å². The number of hydrogen-bond donors (Lipinski definition) is 2. The van der Waals surface area contributed by atoms with Crippen LogP contribution < -0.4 is 10.1 Å². The van der Waals surface area contributed by atoms with Gasteiger partial charge in [0.1, 0.15) is 6.54 Å². The van der Waals surface area contributed by atoms with Gasteiger partial charge in [0.05, 0.1) is 11.5 Å². The van der Waals surface area contributed by atoms with Crippen LogP contribution in [0.1, 0.15) is 18.1 Å². The number of anilines is 1. The molecule has 156 valence electrons. The van der Waals surface area contributed by atoms with Gasteiger partial charge in [0.2, 0.25) is 5.91 Å². The lowest BCUT2D eigenvalue weighted by molar-refractivity contribution is -0.127.